The van der Waals surface area contributed by atoms with Crippen molar-refractivity contribution in [2.45, 2.75) is 4.34 Å². The first-order chi connectivity index (χ1) is 12.7. The summed E-state index contributed by atoms with van der Waals surface area (Å²) >= 11 is 6.31. The second-order valence-corrected chi connectivity index (χ2v) is 8.33. The molecule has 0 saturated carbocycles. The van der Waals surface area contributed by atoms with Crippen LogP contribution < -0.4 is 10.0 Å². The van der Waals surface area contributed by atoms with E-state index in [9.17, 15) is 22.0 Å². The van der Waals surface area contributed by atoms with Gasteiger partial charge in [0.25, 0.3) is 20.3 Å². The molecule has 0 atom stereocenters. The third kappa shape index (κ3) is 4.56. The molecule has 2 N–H and O–H groups in total. The van der Waals surface area contributed by atoms with Crippen LogP contribution in [-0.2, 0) is 10.0 Å². The first-order valence-corrected chi connectivity index (χ1v) is 9.81. The predicted molar refractivity (Wildman–Crippen MR) is 96.5 cm³/mol. The van der Waals surface area contributed by atoms with Crippen molar-refractivity contribution >= 4 is 49.7 Å². The van der Waals surface area contributed by atoms with Crippen molar-refractivity contribution in [3.63, 3.8) is 0 Å². The Morgan fingerprint density at radius 3 is 2.44 bits per heavy atom. The number of halogens is 3. The molecule has 0 aliphatic carbocycles. The number of anilines is 2. The van der Waals surface area contributed by atoms with Crippen molar-refractivity contribution in [2.75, 3.05) is 10.0 Å². The number of carbonyl (C=O) groups excluding carboxylic acids is 1. The molecule has 0 radical (unpaired) electrons. The highest BCUT2D eigenvalue weighted by Crippen LogP contribution is 2.24. The van der Waals surface area contributed by atoms with Crippen molar-refractivity contribution in [3.05, 3.63) is 64.7 Å². The van der Waals surface area contributed by atoms with Crippen molar-refractivity contribution in [3.8, 4) is 0 Å². The summed E-state index contributed by atoms with van der Waals surface area (Å²) in [6.45, 7) is 0. The van der Waals surface area contributed by atoms with Gasteiger partial charge in [-0.2, -0.15) is 8.42 Å². The zero-order valence-corrected chi connectivity index (χ0v) is 15.5. The van der Waals surface area contributed by atoms with Gasteiger partial charge in [0.05, 0.1) is 5.69 Å². The Balaban J connectivity index is 1.75. The number of nitrogens with one attached hydrogen (secondary N) is 2. The van der Waals surface area contributed by atoms with Crippen LogP contribution in [0.1, 0.15) is 10.4 Å². The number of benzene rings is 2. The van der Waals surface area contributed by atoms with Gasteiger partial charge in [0.15, 0.2) is 0 Å². The third-order valence-electron chi connectivity index (χ3n) is 3.14. The molecule has 0 aliphatic rings. The number of carbonyl (C=O) groups is 1. The summed E-state index contributed by atoms with van der Waals surface area (Å²) in [5, 5.41) is 9.84. The highest BCUT2D eigenvalue weighted by molar-refractivity contribution is 7.94. The fourth-order valence-electron chi connectivity index (χ4n) is 1.90. The van der Waals surface area contributed by atoms with Crippen LogP contribution in [0.5, 0.6) is 0 Å². The lowest BCUT2D eigenvalue weighted by Gasteiger charge is -2.05. The molecule has 0 saturated heterocycles. The van der Waals surface area contributed by atoms with Gasteiger partial charge in [0, 0.05) is 16.7 Å². The van der Waals surface area contributed by atoms with Gasteiger partial charge in [-0.15, -0.1) is 10.2 Å². The van der Waals surface area contributed by atoms with Gasteiger partial charge in [0.2, 0.25) is 5.13 Å². The summed E-state index contributed by atoms with van der Waals surface area (Å²) in [5.74, 6) is -2.47. The highest BCUT2D eigenvalue weighted by atomic mass is 35.5. The molecule has 0 spiro atoms. The number of hydrogen-bond acceptors (Lipinski definition) is 6. The Bertz CT molecular complexity index is 1100. The van der Waals surface area contributed by atoms with Gasteiger partial charge < -0.3 is 0 Å². The molecule has 0 unspecified atom stereocenters. The molecule has 140 valence electrons. The molecule has 1 aromatic heterocycles. The normalized spacial score (nSPS) is 11.2. The molecule has 3 rings (SSSR count). The monoisotopic (exact) mass is 430 g/mol. The van der Waals surface area contributed by atoms with E-state index >= 15 is 0 Å². The molecule has 0 aliphatic heterocycles. The summed E-state index contributed by atoms with van der Waals surface area (Å²) in [4.78, 5) is 12.1. The van der Waals surface area contributed by atoms with Gasteiger partial charge >= 0.3 is 0 Å². The zero-order chi connectivity index (χ0) is 19.6. The van der Waals surface area contributed by atoms with Crippen LogP contribution in [0.2, 0.25) is 5.02 Å². The van der Waals surface area contributed by atoms with Gasteiger partial charge in [-0.1, -0.05) is 22.9 Å². The van der Waals surface area contributed by atoms with E-state index in [1.807, 2.05) is 4.72 Å². The number of nitrogens with zero attached hydrogens (tertiary/aromatic N) is 2. The third-order valence-corrected chi connectivity index (χ3v) is 5.96. The van der Waals surface area contributed by atoms with Crippen molar-refractivity contribution in [1.29, 1.82) is 0 Å². The summed E-state index contributed by atoms with van der Waals surface area (Å²) in [7, 11) is -4.27. The first-order valence-electron chi connectivity index (χ1n) is 7.13. The SMILES string of the molecule is O=C(Nc1nnc(S(=O)(=O)Nc2ccc(F)cc2F)s1)c1ccc(Cl)cc1. The van der Waals surface area contributed by atoms with Crippen molar-refractivity contribution < 1.29 is 22.0 Å². The van der Waals surface area contributed by atoms with E-state index in [4.69, 9.17) is 11.6 Å². The van der Waals surface area contributed by atoms with E-state index in [0.717, 1.165) is 12.1 Å². The number of aromatic nitrogens is 2. The smallest absolute Gasteiger partial charge is 0.291 e. The number of hydrogen-bond donors (Lipinski definition) is 2. The summed E-state index contributed by atoms with van der Waals surface area (Å²) in [6.07, 6.45) is 0. The topological polar surface area (TPSA) is 101 Å². The van der Waals surface area contributed by atoms with E-state index in [0.29, 0.717) is 22.4 Å². The van der Waals surface area contributed by atoms with Crippen LogP contribution in [0.4, 0.5) is 19.6 Å². The average Bonchev–Trinajstić information content (AvgIpc) is 3.07. The van der Waals surface area contributed by atoms with Gasteiger partial charge in [-0.05, 0) is 36.4 Å². The second-order valence-electron chi connectivity index (χ2n) is 5.06. The molecule has 3 aromatic rings. The maximum absolute atomic E-state index is 13.6. The molecule has 0 bridgehead atoms. The molecule has 1 heterocycles. The lowest BCUT2D eigenvalue weighted by atomic mass is 10.2. The van der Waals surface area contributed by atoms with Gasteiger partial charge in [0.1, 0.15) is 11.6 Å². The molecule has 27 heavy (non-hydrogen) atoms. The average molecular weight is 431 g/mol. The Hall–Kier alpha value is -2.63. The zero-order valence-electron chi connectivity index (χ0n) is 13.1. The predicted octanol–water partition coefficient (Wildman–Crippen LogP) is 3.52. The fourth-order valence-corrected chi connectivity index (χ4v) is 3.99. The van der Waals surface area contributed by atoms with Gasteiger partial charge in [-0.25, -0.2) is 8.78 Å². The van der Waals surface area contributed by atoms with Crippen LogP contribution in [0.3, 0.4) is 0 Å². The second kappa shape index (κ2) is 7.55. The fraction of sp³-hybridized carbons (Fsp3) is 0. The largest absolute Gasteiger partial charge is 0.296 e. The molecular formula is C15H9ClF2N4O3S2. The number of sulfonamides is 1. The first kappa shape index (κ1) is 19.1. The van der Waals surface area contributed by atoms with E-state index < -0.39 is 37.6 Å². The highest BCUT2D eigenvalue weighted by Gasteiger charge is 2.22. The van der Waals surface area contributed by atoms with Gasteiger partial charge in [-0.3, -0.25) is 14.8 Å². The molecule has 0 fully saturated rings. The molecular weight excluding hydrogens is 422 g/mol. The Morgan fingerprint density at radius 1 is 1.07 bits per heavy atom. The van der Waals surface area contributed by atoms with E-state index in [-0.39, 0.29) is 10.7 Å². The number of amides is 1. The van der Waals surface area contributed by atoms with E-state index in [2.05, 4.69) is 15.5 Å². The summed E-state index contributed by atoms with van der Waals surface area (Å²) < 4.78 is 52.5. The van der Waals surface area contributed by atoms with Crippen LogP contribution in [-0.4, -0.2) is 24.5 Å². The summed E-state index contributed by atoms with van der Waals surface area (Å²) in [6, 6.07) is 8.38. The van der Waals surface area contributed by atoms with E-state index in [1.165, 1.54) is 24.3 Å². The van der Waals surface area contributed by atoms with Crippen molar-refractivity contribution in [1.82, 2.24) is 10.2 Å². The number of rotatable bonds is 5. The maximum Gasteiger partial charge on any atom is 0.291 e. The molecule has 12 heteroatoms. The Labute approximate surface area is 161 Å². The molecule has 1 amide bonds. The Kier molecular flexibility index (Phi) is 5.35. The lowest BCUT2D eigenvalue weighted by Crippen LogP contribution is -2.13. The van der Waals surface area contributed by atoms with Crippen LogP contribution >= 0.6 is 22.9 Å². The Morgan fingerprint density at radius 2 is 1.78 bits per heavy atom. The standard InChI is InChI=1S/C15H9ClF2N4O3S2/c16-9-3-1-8(2-4-9)13(23)19-14-20-21-15(26-14)27(24,25)22-12-6-5-10(17)7-11(12)18/h1-7,22H,(H,19,20,23). The van der Waals surface area contributed by atoms with E-state index in [1.54, 1.807) is 0 Å². The van der Waals surface area contributed by atoms with Crippen molar-refractivity contribution in [2.24, 2.45) is 0 Å². The van der Waals surface area contributed by atoms with Crippen LogP contribution in [0, 0.1) is 11.6 Å². The quantitative estimate of drug-likeness (QED) is 0.603. The molecule has 7 nitrogen and oxygen atoms in total. The minimum atomic E-state index is -4.27. The van der Waals surface area contributed by atoms with Crippen LogP contribution in [0.15, 0.2) is 46.8 Å². The minimum Gasteiger partial charge on any atom is -0.296 e. The maximum atomic E-state index is 13.6. The molecule has 2 aromatic carbocycles. The minimum absolute atomic E-state index is 0.0742. The van der Waals surface area contributed by atoms with Crippen LogP contribution in [0.25, 0.3) is 0 Å². The lowest BCUT2D eigenvalue weighted by molar-refractivity contribution is 0.102. The summed E-state index contributed by atoms with van der Waals surface area (Å²) in [5.41, 5.74) is -0.163.